The van der Waals surface area contributed by atoms with Crippen LogP contribution >= 0.6 is 23.2 Å². The van der Waals surface area contributed by atoms with Gasteiger partial charge in [-0.1, -0.05) is 23.2 Å². The SMILES string of the molecule is N#Cc1c(C(F)(F)F)nn(-c2c(Cl)cc(C(F)(F)F)cc2Cl)c1C#N. The predicted octanol–water partition coefficient (Wildman–Crippen LogP) is 4.96. The molecule has 1 aromatic carbocycles. The summed E-state index contributed by atoms with van der Waals surface area (Å²) >= 11 is 11.4. The van der Waals surface area contributed by atoms with Crippen molar-refractivity contribution in [2.45, 2.75) is 12.4 Å². The number of halogens is 8. The molecule has 0 bridgehead atoms. The lowest BCUT2D eigenvalue weighted by molar-refractivity contribution is -0.141. The monoisotopic (exact) mass is 398 g/mol. The van der Waals surface area contributed by atoms with Crippen LogP contribution in [0.25, 0.3) is 5.69 Å². The fourth-order valence-corrected chi connectivity index (χ4v) is 2.57. The van der Waals surface area contributed by atoms with Gasteiger partial charge in [0.05, 0.1) is 15.6 Å². The van der Waals surface area contributed by atoms with Crippen LogP contribution < -0.4 is 0 Å². The molecule has 0 saturated heterocycles. The van der Waals surface area contributed by atoms with Crippen LogP contribution in [0.2, 0.25) is 10.0 Å². The number of rotatable bonds is 1. The van der Waals surface area contributed by atoms with E-state index < -0.39 is 50.6 Å². The maximum absolute atomic E-state index is 13.0. The van der Waals surface area contributed by atoms with E-state index in [-0.39, 0.29) is 0 Å². The van der Waals surface area contributed by atoms with E-state index >= 15 is 0 Å². The van der Waals surface area contributed by atoms with E-state index in [0.29, 0.717) is 16.8 Å². The van der Waals surface area contributed by atoms with Crippen molar-refractivity contribution in [2.75, 3.05) is 0 Å². The Labute approximate surface area is 145 Å². The van der Waals surface area contributed by atoms with Crippen LogP contribution in [-0.2, 0) is 12.4 Å². The Balaban J connectivity index is 2.83. The van der Waals surface area contributed by atoms with Crippen LogP contribution in [0, 0.1) is 22.7 Å². The van der Waals surface area contributed by atoms with Crippen LogP contribution in [0.1, 0.15) is 22.5 Å². The number of alkyl halides is 6. The second kappa shape index (κ2) is 6.14. The largest absolute Gasteiger partial charge is 0.436 e. The molecule has 0 amide bonds. The molecule has 0 spiro atoms. The lowest BCUT2D eigenvalue weighted by Crippen LogP contribution is -2.10. The van der Waals surface area contributed by atoms with Crippen molar-refractivity contribution in [3.05, 3.63) is 44.7 Å². The van der Waals surface area contributed by atoms with Gasteiger partial charge in [0.25, 0.3) is 0 Å². The molecule has 0 N–H and O–H groups in total. The summed E-state index contributed by atoms with van der Waals surface area (Å²) in [6, 6.07) is 3.38. The first kappa shape index (κ1) is 18.9. The Morgan fingerprint density at radius 3 is 1.80 bits per heavy atom. The summed E-state index contributed by atoms with van der Waals surface area (Å²) in [6.07, 6.45) is -9.88. The van der Waals surface area contributed by atoms with Gasteiger partial charge >= 0.3 is 12.4 Å². The molecular weight excluding hydrogens is 397 g/mol. The van der Waals surface area contributed by atoms with E-state index in [0.717, 1.165) is 0 Å². The summed E-state index contributed by atoms with van der Waals surface area (Å²) < 4.78 is 77.3. The molecule has 0 atom stereocenters. The Hall–Kier alpha value is -2.43. The highest BCUT2D eigenvalue weighted by molar-refractivity contribution is 6.37. The second-order valence-corrected chi connectivity index (χ2v) is 5.31. The number of benzene rings is 1. The third kappa shape index (κ3) is 3.36. The van der Waals surface area contributed by atoms with E-state index in [9.17, 15) is 26.3 Å². The fraction of sp³-hybridized carbons (Fsp3) is 0.154. The number of hydrogen-bond donors (Lipinski definition) is 0. The van der Waals surface area contributed by atoms with Gasteiger partial charge in [-0.25, -0.2) is 4.68 Å². The molecular formula is C13H2Cl2F6N4. The molecule has 0 fully saturated rings. The second-order valence-electron chi connectivity index (χ2n) is 4.49. The predicted molar refractivity (Wildman–Crippen MR) is 73.0 cm³/mol. The third-order valence-electron chi connectivity index (χ3n) is 2.93. The van der Waals surface area contributed by atoms with Crippen molar-refractivity contribution in [3.63, 3.8) is 0 Å². The highest BCUT2D eigenvalue weighted by Gasteiger charge is 2.40. The van der Waals surface area contributed by atoms with Gasteiger partial charge in [0.15, 0.2) is 11.4 Å². The van der Waals surface area contributed by atoms with Crippen LogP contribution in [0.4, 0.5) is 26.3 Å². The summed E-state index contributed by atoms with van der Waals surface area (Å²) in [5.74, 6) is 0. The molecule has 2 aromatic rings. The first-order valence-electron chi connectivity index (χ1n) is 5.98. The summed E-state index contributed by atoms with van der Waals surface area (Å²) in [4.78, 5) is 0. The lowest BCUT2D eigenvalue weighted by Gasteiger charge is -2.12. The zero-order valence-corrected chi connectivity index (χ0v) is 13.0. The quantitative estimate of drug-likeness (QED) is 0.637. The average Bonchev–Trinajstić information content (AvgIpc) is 2.83. The Morgan fingerprint density at radius 1 is 0.920 bits per heavy atom. The minimum atomic E-state index is -5.08. The minimum Gasteiger partial charge on any atom is -0.218 e. The topological polar surface area (TPSA) is 65.4 Å². The zero-order valence-electron chi connectivity index (χ0n) is 11.5. The molecule has 1 heterocycles. The molecule has 0 aliphatic heterocycles. The van der Waals surface area contributed by atoms with E-state index in [1.807, 2.05) is 0 Å². The van der Waals surface area contributed by atoms with Crippen LogP contribution in [0.3, 0.4) is 0 Å². The van der Waals surface area contributed by atoms with E-state index in [2.05, 4.69) is 5.10 Å². The fourth-order valence-electron chi connectivity index (χ4n) is 1.92. The third-order valence-corrected chi connectivity index (χ3v) is 3.50. The summed E-state index contributed by atoms with van der Waals surface area (Å²) in [6.45, 7) is 0. The Morgan fingerprint density at radius 2 is 1.44 bits per heavy atom. The summed E-state index contributed by atoms with van der Waals surface area (Å²) in [5, 5.41) is 19.6. The van der Waals surface area contributed by atoms with Crippen molar-refractivity contribution < 1.29 is 26.3 Å². The molecule has 0 unspecified atom stereocenters. The lowest BCUT2D eigenvalue weighted by atomic mass is 10.1. The van der Waals surface area contributed by atoms with Crippen LogP contribution in [0.5, 0.6) is 0 Å². The van der Waals surface area contributed by atoms with Gasteiger partial charge in [0.1, 0.15) is 23.4 Å². The minimum absolute atomic E-state index is 0.298. The van der Waals surface area contributed by atoms with Crippen LogP contribution in [-0.4, -0.2) is 9.78 Å². The summed E-state index contributed by atoms with van der Waals surface area (Å²) in [5.41, 5.74) is -5.47. The number of nitrogens with zero attached hydrogens (tertiary/aromatic N) is 4. The van der Waals surface area contributed by atoms with Crippen molar-refractivity contribution in [1.29, 1.82) is 10.5 Å². The molecule has 2 rings (SSSR count). The van der Waals surface area contributed by atoms with E-state index in [1.165, 1.54) is 12.1 Å². The standard InChI is InChI=1S/C13H2Cl2F6N4/c14-7-1-5(12(16,17)18)2-8(15)10(7)25-9(4-23)6(3-22)11(24-25)13(19,20)21/h1-2H. The first-order valence-corrected chi connectivity index (χ1v) is 6.74. The van der Waals surface area contributed by atoms with Gasteiger partial charge in [-0.15, -0.1) is 0 Å². The van der Waals surface area contributed by atoms with E-state index in [4.69, 9.17) is 33.7 Å². The molecule has 4 nitrogen and oxygen atoms in total. The summed E-state index contributed by atoms with van der Waals surface area (Å²) in [7, 11) is 0. The highest BCUT2D eigenvalue weighted by atomic mass is 35.5. The maximum atomic E-state index is 13.0. The molecule has 0 radical (unpaired) electrons. The van der Waals surface area contributed by atoms with Gasteiger partial charge in [-0.3, -0.25) is 0 Å². The Kier molecular flexibility index (Phi) is 4.64. The number of aromatic nitrogens is 2. The Bertz CT molecular complexity index is 907. The van der Waals surface area contributed by atoms with Crippen molar-refractivity contribution in [2.24, 2.45) is 0 Å². The first-order chi connectivity index (χ1) is 11.4. The average molecular weight is 399 g/mol. The van der Waals surface area contributed by atoms with Crippen molar-refractivity contribution in [1.82, 2.24) is 9.78 Å². The normalized spacial score (nSPS) is 11.9. The molecule has 25 heavy (non-hydrogen) atoms. The number of nitriles is 2. The van der Waals surface area contributed by atoms with Crippen molar-refractivity contribution >= 4 is 23.2 Å². The highest BCUT2D eigenvalue weighted by Crippen LogP contribution is 2.39. The van der Waals surface area contributed by atoms with Gasteiger partial charge in [0, 0.05) is 0 Å². The van der Waals surface area contributed by atoms with Gasteiger partial charge < -0.3 is 0 Å². The molecule has 0 aliphatic rings. The van der Waals surface area contributed by atoms with Gasteiger partial charge in [0.2, 0.25) is 0 Å². The molecule has 0 aliphatic carbocycles. The molecule has 0 saturated carbocycles. The van der Waals surface area contributed by atoms with Gasteiger partial charge in [-0.05, 0) is 12.1 Å². The maximum Gasteiger partial charge on any atom is 0.436 e. The van der Waals surface area contributed by atoms with E-state index in [1.54, 1.807) is 0 Å². The van der Waals surface area contributed by atoms with Crippen LogP contribution in [0.15, 0.2) is 12.1 Å². The molecule has 1 aromatic heterocycles. The molecule has 130 valence electrons. The molecule has 12 heteroatoms. The van der Waals surface area contributed by atoms with Crippen molar-refractivity contribution in [3.8, 4) is 17.8 Å². The smallest absolute Gasteiger partial charge is 0.218 e. The van der Waals surface area contributed by atoms with Gasteiger partial charge in [-0.2, -0.15) is 42.0 Å². The number of hydrogen-bond acceptors (Lipinski definition) is 3. The zero-order chi connectivity index (χ0) is 19.2.